The van der Waals surface area contributed by atoms with Crippen LogP contribution in [-0.2, 0) is 4.79 Å². The zero-order valence-electron chi connectivity index (χ0n) is 7.78. The highest BCUT2D eigenvalue weighted by molar-refractivity contribution is 7.80. The molecule has 0 bridgehead atoms. The van der Waals surface area contributed by atoms with Gasteiger partial charge in [-0.1, -0.05) is 6.07 Å². The van der Waals surface area contributed by atoms with Crippen LogP contribution in [-0.4, -0.2) is 17.8 Å². The first-order valence-corrected chi connectivity index (χ1v) is 5.03. The molecule has 1 atom stereocenters. The van der Waals surface area contributed by atoms with Crippen LogP contribution in [0.25, 0.3) is 0 Å². The number of amides is 1. The van der Waals surface area contributed by atoms with Gasteiger partial charge in [-0.15, -0.1) is 0 Å². The van der Waals surface area contributed by atoms with Gasteiger partial charge in [-0.25, -0.2) is 0 Å². The highest BCUT2D eigenvalue weighted by atomic mass is 32.1. The summed E-state index contributed by atoms with van der Waals surface area (Å²) in [4.78, 5) is 11.4. The van der Waals surface area contributed by atoms with E-state index in [2.05, 4.69) is 17.9 Å². The number of carbonyl (C=O) groups is 1. The number of nitrogens with one attached hydrogen (secondary N) is 1. The third-order valence-corrected chi connectivity index (χ3v) is 2.45. The second kappa shape index (κ2) is 3.53. The first kappa shape index (κ1) is 9.40. The van der Waals surface area contributed by atoms with Gasteiger partial charge in [0.15, 0.2) is 6.10 Å². The Kier molecular flexibility index (Phi) is 2.37. The fraction of sp³-hybridized carbons (Fsp3) is 0.300. The van der Waals surface area contributed by atoms with Gasteiger partial charge in [-0.3, -0.25) is 4.79 Å². The van der Waals surface area contributed by atoms with Crippen LogP contribution in [0.2, 0.25) is 0 Å². The molecule has 0 radical (unpaired) electrons. The van der Waals surface area contributed by atoms with Gasteiger partial charge < -0.3 is 10.1 Å². The van der Waals surface area contributed by atoms with Crippen molar-refractivity contribution in [1.82, 2.24) is 0 Å². The maximum atomic E-state index is 11.4. The van der Waals surface area contributed by atoms with E-state index >= 15 is 0 Å². The normalized spacial score (nSPS) is 19.6. The van der Waals surface area contributed by atoms with E-state index < -0.39 is 6.10 Å². The molecule has 1 aliphatic heterocycles. The summed E-state index contributed by atoms with van der Waals surface area (Å²) in [6.07, 6.45) is -0.479. The lowest BCUT2D eigenvalue weighted by Gasteiger charge is -2.24. The maximum Gasteiger partial charge on any atom is 0.266 e. The van der Waals surface area contributed by atoms with Gasteiger partial charge in [0, 0.05) is 5.75 Å². The molecule has 0 fully saturated rings. The predicted octanol–water partition coefficient (Wildman–Crippen LogP) is 1.62. The lowest BCUT2D eigenvalue weighted by atomic mass is 10.1. The van der Waals surface area contributed by atoms with Crippen LogP contribution in [0.4, 0.5) is 5.69 Å². The summed E-state index contributed by atoms with van der Waals surface area (Å²) >= 11 is 4.05. The Hall–Kier alpha value is -1.16. The average molecular weight is 209 g/mol. The fourth-order valence-electron chi connectivity index (χ4n) is 1.37. The van der Waals surface area contributed by atoms with E-state index in [4.69, 9.17) is 4.74 Å². The van der Waals surface area contributed by atoms with Crippen molar-refractivity contribution >= 4 is 24.2 Å². The number of fused-ring (bicyclic) bond motifs is 1. The number of carbonyl (C=O) groups excluding carboxylic acids is 1. The molecule has 2 rings (SSSR count). The summed E-state index contributed by atoms with van der Waals surface area (Å²) in [5.41, 5.74) is 1.84. The van der Waals surface area contributed by atoms with Crippen LogP contribution in [0.1, 0.15) is 5.56 Å². The number of benzene rings is 1. The molecule has 1 amide bonds. The third-order valence-electron chi connectivity index (χ3n) is 2.12. The molecular weight excluding hydrogens is 198 g/mol. The number of hydrogen-bond donors (Lipinski definition) is 2. The second-order valence-electron chi connectivity index (χ2n) is 3.28. The fourth-order valence-corrected chi connectivity index (χ4v) is 1.61. The number of thiol groups is 1. The Bertz CT molecular complexity index is 378. The number of ether oxygens (including phenoxy) is 1. The molecule has 0 saturated heterocycles. The molecule has 4 heteroatoms. The van der Waals surface area contributed by atoms with Crippen molar-refractivity contribution in [2.75, 3.05) is 11.1 Å². The van der Waals surface area contributed by atoms with Gasteiger partial charge in [0.05, 0.1) is 5.69 Å². The zero-order chi connectivity index (χ0) is 10.1. The standard InChI is InChI=1S/C10H11NO2S/c1-6-2-3-7-8(4-6)13-9(5-14)10(12)11-7/h2-4,9,14H,5H2,1H3,(H,11,12). The summed E-state index contributed by atoms with van der Waals surface area (Å²) in [6, 6.07) is 5.69. The minimum atomic E-state index is -0.479. The lowest BCUT2D eigenvalue weighted by Crippen LogP contribution is -2.38. The molecule has 1 aromatic carbocycles. The largest absolute Gasteiger partial charge is 0.478 e. The van der Waals surface area contributed by atoms with E-state index in [1.54, 1.807) is 0 Å². The van der Waals surface area contributed by atoms with Crippen molar-refractivity contribution in [1.29, 1.82) is 0 Å². The van der Waals surface area contributed by atoms with Crippen molar-refractivity contribution in [3.05, 3.63) is 23.8 Å². The summed E-state index contributed by atoms with van der Waals surface area (Å²) < 4.78 is 5.49. The Morgan fingerprint density at radius 2 is 2.36 bits per heavy atom. The van der Waals surface area contributed by atoms with Gasteiger partial charge in [0.2, 0.25) is 0 Å². The van der Waals surface area contributed by atoms with E-state index in [1.165, 1.54) is 0 Å². The van der Waals surface area contributed by atoms with E-state index in [0.717, 1.165) is 17.0 Å². The van der Waals surface area contributed by atoms with E-state index in [0.29, 0.717) is 5.75 Å². The number of hydrogen-bond acceptors (Lipinski definition) is 3. The van der Waals surface area contributed by atoms with Crippen LogP contribution < -0.4 is 10.1 Å². The summed E-state index contributed by atoms with van der Waals surface area (Å²) in [7, 11) is 0. The summed E-state index contributed by atoms with van der Waals surface area (Å²) in [5.74, 6) is 0.985. The quantitative estimate of drug-likeness (QED) is 0.690. The topological polar surface area (TPSA) is 38.3 Å². The Morgan fingerprint density at radius 1 is 1.57 bits per heavy atom. The van der Waals surface area contributed by atoms with Crippen molar-refractivity contribution < 1.29 is 9.53 Å². The molecular formula is C10H11NO2S. The van der Waals surface area contributed by atoms with E-state index in [1.807, 2.05) is 25.1 Å². The van der Waals surface area contributed by atoms with Gasteiger partial charge in [0.25, 0.3) is 5.91 Å². The van der Waals surface area contributed by atoms with Crippen LogP contribution in [0, 0.1) is 6.92 Å². The summed E-state index contributed by atoms with van der Waals surface area (Å²) in [6.45, 7) is 1.98. The zero-order valence-corrected chi connectivity index (χ0v) is 8.67. The number of anilines is 1. The van der Waals surface area contributed by atoms with Crippen molar-refractivity contribution in [2.45, 2.75) is 13.0 Å². The molecule has 0 aliphatic carbocycles. The first-order chi connectivity index (χ1) is 6.70. The summed E-state index contributed by atoms with van der Waals surface area (Å²) in [5, 5.41) is 2.78. The average Bonchev–Trinajstić information content (AvgIpc) is 2.17. The van der Waals surface area contributed by atoms with Gasteiger partial charge in [-0.05, 0) is 24.6 Å². The van der Waals surface area contributed by atoms with Crippen LogP contribution in [0.3, 0.4) is 0 Å². The molecule has 0 saturated carbocycles. The van der Waals surface area contributed by atoms with Gasteiger partial charge in [-0.2, -0.15) is 12.6 Å². The van der Waals surface area contributed by atoms with Gasteiger partial charge >= 0.3 is 0 Å². The Morgan fingerprint density at radius 3 is 3.07 bits per heavy atom. The second-order valence-corrected chi connectivity index (χ2v) is 3.64. The van der Waals surface area contributed by atoms with E-state index in [9.17, 15) is 4.79 Å². The highest BCUT2D eigenvalue weighted by Gasteiger charge is 2.25. The smallest absolute Gasteiger partial charge is 0.266 e. The minimum Gasteiger partial charge on any atom is -0.478 e. The highest BCUT2D eigenvalue weighted by Crippen LogP contribution is 2.30. The first-order valence-electron chi connectivity index (χ1n) is 4.40. The molecule has 1 aliphatic rings. The number of rotatable bonds is 1. The number of aryl methyl sites for hydroxylation is 1. The molecule has 74 valence electrons. The molecule has 1 N–H and O–H groups in total. The predicted molar refractivity (Wildman–Crippen MR) is 58.1 cm³/mol. The molecule has 1 heterocycles. The van der Waals surface area contributed by atoms with E-state index in [-0.39, 0.29) is 5.91 Å². The van der Waals surface area contributed by atoms with Crippen molar-refractivity contribution in [3.8, 4) is 5.75 Å². The van der Waals surface area contributed by atoms with Crippen molar-refractivity contribution in [3.63, 3.8) is 0 Å². The molecule has 1 aromatic rings. The Labute approximate surface area is 87.9 Å². The SMILES string of the molecule is Cc1ccc2c(c1)OC(CS)C(=O)N2. The molecule has 0 spiro atoms. The minimum absolute atomic E-state index is 0.128. The molecule has 14 heavy (non-hydrogen) atoms. The maximum absolute atomic E-state index is 11.4. The Balaban J connectivity index is 2.36. The third kappa shape index (κ3) is 1.57. The molecule has 1 unspecified atom stereocenters. The molecule has 0 aromatic heterocycles. The monoisotopic (exact) mass is 209 g/mol. The van der Waals surface area contributed by atoms with Crippen molar-refractivity contribution in [2.24, 2.45) is 0 Å². The molecule has 3 nitrogen and oxygen atoms in total. The lowest BCUT2D eigenvalue weighted by molar-refractivity contribution is -0.122. The van der Waals surface area contributed by atoms with Crippen LogP contribution in [0.15, 0.2) is 18.2 Å². The van der Waals surface area contributed by atoms with Crippen LogP contribution in [0.5, 0.6) is 5.75 Å². The van der Waals surface area contributed by atoms with Crippen LogP contribution >= 0.6 is 12.6 Å². The van der Waals surface area contributed by atoms with Gasteiger partial charge in [0.1, 0.15) is 5.75 Å².